The highest BCUT2D eigenvalue weighted by Crippen LogP contribution is 2.26. The highest BCUT2D eigenvalue weighted by atomic mass is 32.1. The topological polar surface area (TPSA) is 29.1 Å². The van der Waals surface area contributed by atoms with Gasteiger partial charge in [-0.15, -0.1) is 11.3 Å². The lowest BCUT2D eigenvalue weighted by Crippen LogP contribution is -2.33. The maximum Gasteiger partial charge on any atom is 0.219 e. The minimum atomic E-state index is 0.122. The minimum Gasteiger partial charge on any atom is -0.353 e. The van der Waals surface area contributed by atoms with Crippen molar-refractivity contribution in [1.82, 2.24) is 5.32 Å². The third kappa shape index (κ3) is 2.86. The molecule has 1 aromatic heterocycles. The summed E-state index contributed by atoms with van der Waals surface area (Å²) in [6.07, 6.45) is 1.45. The zero-order valence-corrected chi connectivity index (χ0v) is 11.0. The van der Waals surface area contributed by atoms with Gasteiger partial charge in [0.15, 0.2) is 0 Å². The second-order valence-corrected chi connectivity index (χ2v) is 5.19. The average molecular weight is 247 g/mol. The van der Waals surface area contributed by atoms with Crippen LogP contribution in [0.2, 0.25) is 0 Å². The molecule has 0 fully saturated rings. The van der Waals surface area contributed by atoms with Gasteiger partial charge in [0.05, 0.1) is 0 Å². The lowest BCUT2D eigenvalue weighted by Gasteiger charge is -2.12. The van der Waals surface area contributed by atoms with Gasteiger partial charge >= 0.3 is 0 Å². The number of fused-ring (bicyclic) bond motifs is 1. The van der Waals surface area contributed by atoms with Crippen LogP contribution < -0.4 is 5.32 Å². The van der Waals surface area contributed by atoms with Crippen LogP contribution in [0.1, 0.15) is 25.8 Å². The number of hydrogen-bond donors (Lipinski definition) is 1. The molecule has 1 aromatic carbocycles. The second-order valence-electron chi connectivity index (χ2n) is 4.28. The number of carbonyl (C=O) groups excluding carboxylic acids is 1. The van der Waals surface area contributed by atoms with Crippen molar-refractivity contribution in [2.24, 2.45) is 0 Å². The summed E-state index contributed by atoms with van der Waals surface area (Å²) in [6, 6.07) is 8.60. The van der Waals surface area contributed by atoms with Crippen molar-refractivity contribution in [1.29, 1.82) is 0 Å². The lowest BCUT2D eigenvalue weighted by molar-refractivity contribution is -0.121. The Kier molecular flexibility index (Phi) is 3.79. The normalized spacial score (nSPS) is 12.6. The number of amides is 1. The lowest BCUT2D eigenvalue weighted by atomic mass is 10.1. The zero-order valence-electron chi connectivity index (χ0n) is 10.2. The second kappa shape index (κ2) is 5.32. The van der Waals surface area contributed by atoms with Gasteiger partial charge in [0, 0.05) is 17.2 Å². The Morgan fingerprint density at radius 2 is 2.18 bits per heavy atom. The third-order valence-corrected chi connectivity index (χ3v) is 3.83. The molecule has 0 saturated carbocycles. The molecule has 2 aromatic rings. The first-order valence-electron chi connectivity index (χ1n) is 5.95. The molecule has 3 heteroatoms. The molecule has 1 atom stereocenters. The van der Waals surface area contributed by atoms with Crippen LogP contribution in [-0.2, 0) is 11.2 Å². The number of thiophene rings is 1. The van der Waals surface area contributed by atoms with Crippen LogP contribution in [-0.4, -0.2) is 11.9 Å². The summed E-state index contributed by atoms with van der Waals surface area (Å²) in [5.74, 6) is 0.122. The van der Waals surface area contributed by atoms with E-state index in [2.05, 4.69) is 41.9 Å². The predicted octanol–water partition coefficient (Wildman–Crippen LogP) is 3.36. The molecule has 2 rings (SSSR count). The van der Waals surface area contributed by atoms with E-state index < -0.39 is 0 Å². The molecule has 1 heterocycles. The van der Waals surface area contributed by atoms with E-state index in [4.69, 9.17) is 0 Å². The summed E-state index contributed by atoms with van der Waals surface area (Å²) in [6.45, 7) is 3.93. The van der Waals surface area contributed by atoms with E-state index in [-0.39, 0.29) is 11.9 Å². The summed E-state index contributed by atoms with van der Waals surface area (Å²) in [4.78, 5) is 11.3. The highest BCUT2D eigenvalue weighted by molar-refractivity contribution is 7.17. The van der Waals surface area contributed by atoms with Crippen molar-refractivity contribution in [3.63, 3.8) is 0 Å². The maximum atomic E-state index is 11.3. The van der Waals surface area contributed by atoms with Gasteiger partial charge < -0.3 is 5.32 Å². The van der Waals surface area contributed by atoms with Gasteiger partial charge in [-0.3, -0.25) is 4.79 Å². The van der Waals surface area contributed by atoms with E-state index in [1.165, 1.54) is 15.6 Å². The summed E-state index contributed by atoms with van der Waals surface area (Å²) >= 11 is 1.77. The standard InChI is InChI=1S/C14H17NOS/c1-3-14(16)15-10(2)8-11-9-17-13-7-5-4-6-12(11)13/h4-7,9-10H,3,8H2,1-2H3,(H,15,16)/t10-/m0/s1. The zero-order chi connectivity index (χ0) is 12.3. The van der Waals surface area contributed by atoms with Gasteiger partial charge in [0.25, 0.3) is 0 Å². The molecule has 1 N–H and O–H groups in total. The quantitative estimate of drug-likeness (QED) is 0.882. The van der Waals surface area contributed by atoms with E-state index in [0.29, 0.717) is 6.42 Å². The molecule has 0 aliphatic rings. The molecular formula is C14H17NOS. The first-order chi connectivity index (χ1) is 8.20. The molecule has 0 bridgehead atoms. The Balaban J connectivity index is 2.10. The molecule has 0 aliphatic heterocycles. The van der Waals surface area contributed by atoms with Gasteiger partial charge in [-0.05, 0) is 35.7 Å². The van der Waals surface area contributed by atoms with Crippen LogP contribution in [0.3, 0.4) is 0 Å². The number of rotatable bonds is 4. The van der Waals surface area contributed by atoms with E-state index in [1.54, 1.807) is 11.3 Å². The van der Waals surface area contributed by atoms with Crippen LogP contribution >= 0.6 is 11.3 Å². The van der Waals surface area contributed by atoms with Gasteiger partial charge in [0.1, 0.15) is 0 Å². The fraction of sp³-hybridized carbons (Fsp3) is 0.357. The first kappa shape index (κ1) is 12.1. The minimum absolute atomic E-state index is 0.122. The van der Waals surface area contributed by atoms with Crippen molar-refractivity contribution in [3.8, 4) is 0 Å². The Hall–Kier alpha value is -1.35. The molecule has 0 unspecified atom stereocenters. The van der Waals surface area contributed by atoms with Crippen molar-refractivity contribution in [2.75, 3.05) is 0 Å². The van der Waals surface area contributed by atoms with Crippen LogP contribution in [0, 0.1) is 0 Å². The summed E-state index contributed by atoms with van der Waals surface area (Å²) in [5.41, 5.74) is 1.33. The van der Waals surface area contributed by atoms with E-state index in [0.717, 1.165) is 6.42 Å². The number of hydrogen-bond acceptors (Lipinski definition) is 2. The van der Waals surface area contributed by atoms with Crippen molar-refractivity contribution in [2.45, 2.75) is 32.7 Å². The molecule has 90 valence electrons. The third-order valence-electron chi connectivity index (χ3n) is 2.82. The molecule has 0 saturated heterocycles. The van der Waals surface area contributed by atoms with Crippen LogP contribution in [0.4, 0.5) is 0 Å². The number of carbonyl (C=O) groups is 1. The van der Waals surface area contributed by atoms with Crippen LogP contribution in [0.5, 0.6) is 0 Å². The van der Waals surface area contributed by atoms with Crippen LogP contribution in [0.25, 0.3) is 10.1 Å². The molecule has 2 nitrogen and oxygen atoms in total. The van der Waals surface area contributed by atoms with Crippen molar-refractivity contribution >= 4 is 27.3 Å². The molecule has 1 amide bonds. The smallest absolute Gasteiger partial charge is 0.219 e. The Bertz CT molecular complexity index is 518. The van der Waals surface area contributed by atoms with E-state index in [9.17, 15) is 4.79 Å². The Labute approximate surface area is 106 Å². The summed E-state index contributed by atoms with van der Waals surface area (Å²) < 4.78 is 1.32. The predicted molar refractivity (Wildman–Crippen MR) is 73.4 cm³/mol. The molecule has 0 radical (unpaired) electrons. The first-order valence-corrected chi connectivity index (χ1v) is 6.83. The van der Waals surface area contributed by atoms with Crippen molar-refractivity contribution < 1.29 is 4.79 Å². The molecular weight excluding hydrogens is 230 g/mol. The van der Waals surface area contributed by atoms with E-state index in [1.807, 2.05) is 6.92 Å². The molecule has 0 spiro atoms. The highest BCUT2D eigenvalue weighted by Gasteiger charge is 2.09. The monoisotopic (exact) mass is 247 g/mol. The Morgan fingerprint density at radius 3 is 2.94 bits per heavy atom. The van der Waals surface area contributed by atoms with Crippen molar-refractivity contribution in [3.05, 3.63) is 35.2 Å². The number of benzene rings is 1. The largest absolute Gasteiger partial charge is 0.353 e. The fourth-order valence-electron chi connectivity index (χ4n) is 1.95. The SMILES string of the molecule is CCC(=O)N[C@@H](C)Cc1csc2ccccc12. The molecule has 0 aliphatic carbocycles. The van der Waals surface area contributed by atoms with Gasteiger partial charge in [-0.25, -0.2) is 0 Å². The Morgan fingerprint density at radius 1 is 1.41 bits per heavy atom. The summed E-state index contributed by atoms with van der Waals surface area (Å²) in [7, 11) is 0. The van der Waals surface area contributed by atoms with Gasteiger partial charge in [0.2, 0.25) is 5.91 Å². The fourth-order valence-corrected chi connectivity index (χ4v) is 2.92. The van der Waals surface area contributed by atoms with E-state index >= 15 is 0 Å². The summed E-state index contributed by atoms with van der Waals surface area (Å²) in [5, 5.41) is 6.51. The van der Waals surface area contributed by atoms with Gasteiger partial charge in [-0.1, -0.05) is 25.1 Å². The van der Waals surface area contributed by atoms with Crippen LogP contribution in [0.15, 0.2) is 29.6 Å². The number of nitrogens with one attached hydrogen (secondary N) is 1. The molecule has 17 heavy (non-hydrogen) atoms. The maximum absolute atomic E-state index is 11.3. The average Bonchev–Trinajstić information content (AvgIpc) is 2.72. The van der Waals surface area contributed by atoms with Gasteiger partial charge in [-0.2, -0.15) is 0 Å².